The number of amides is 1. The van der Waals surface area contributed by atoms with E-state index in [9.17, 15) is 4.79 Å². The van der Waals surface area contributed by atoms with Gasteiger partial charge in [-0.05, 0) is 31.7 Å². The topological polar surface area (TPSA) is 46.3 Å². The second kappa shape index (κ2) is 5.37. The summed E-state index contributed by atoms with van der Waals surface area (Å²) in [5, 5.41) is 0. The monoisotopic (exact) mass is 246 g/mol. The summed E-state index contributed by atoms with van der Waals surface area (Å²) >= 11 is 0. The van der Waals surface area contributed by atoms with Gasteiger partial charge in [0.1, 0.15) is 0 Å². The summed E-state index contributed by atoms with van der Waals surface area (Å²) in [7, 11) is 0. The lowest BCUT2D eigenvalue weighted by Crippen LogP contribution is -2.40. The molecular formula is C12H23ClN2O. The third-order valence-electron chi connectivity index (χ3n) is 4.13. The molecule has 2 N–H and O–H groups in total. The fourth-order valence-corrected chi connectivity index (χ4v) is 2.96. The molecule has 0 radical (unpaired) electrons. The van der Waals surface area contributed by atoms with Gasteiger partial charge in [-0.3, -0.25) is 4.79 Å². The molecule has 0 spiro atoms. The van der Waals surface area contributed by atoms with Gasteiger partial charge in [0.2, 0.25) is 5.91 Å². The Bertz CT molecular complexity index is 251. The standard InChI is InChI=1S/C12H22N2O.ClH/c1-12(5-2-3-6-12)11(15)14-7-4-10(8-13)9-14;/h10H,2-9,13H2,1H3;1H. The zero-order chi connectivity index (χ0) is 10.9. The van der Waals surface area contributed by atoms with Crippen LogP contribution in [-0.4, -0.2) is 30.4 Å². The second-order valence-corrected chi connectivity index (χ2v) is 5.41. The molecule has 2 aliphatic rings. The summed E-state index contributed by atoms with van der Waals surface area (Å²) in [6.45, 7) is 4.68. The number of hydrogen-bond donors (Lipinski definition) is 1. The Hall–Kier alpha value is -0.280. The first-order valence-electron chi connectivity index (χ1n) is 6.15. The lowest BCUT2D eigenvalue weighted by atomic mass is 9.87. The van der Waals surface area contributed by atoms with Crippen molar-refractivity contribution in [2.45, 2.75) is 39.0 Å². The third kappa shape index (κ3) is 2.51. The van der Waals surface area contributed by atoms with Gasteiger partial charge >= 0.3 is 0 Å². The predicted octanol–water partition coefficient (Wildman–Crippen LogP) is 1.80. The Morgan fingerprint density at radius 3 is 2.56 bits per heavy atom. The maximum Gasteiger partial charge on any atom is 0.228 e. The summed E-state index contributed by atoms with van der Waals surface area (Å²) in [6, 6.07) is 0. The van der Waals surface area contributed by atoms with E-state index in [1.165, 1.54) is 12.8 Å². The molecule has 1 atom stereocenters. The number of halogens is 1. The van der Waals surface area contributed by atoms with Crippen LogP contribution in [0.25, 0.3) is 0 Å². The molecule has 2 rings (SSSR count). The van der Waals surface area contributed by atoms with Crippen molar-refractivity contribution in [1.29, 1.82) is 0 Å². The molecule has 1 aliphatic heterocycles. The number of hydrogen-bond acceptors (Lipinski definition) is 2. The van der Waals surface area contributed by atoms with Gasteiger partial charge < -0.3 is 10.6 Å². The number of rotatable bonds is 2. The van der Waals surface area contributed by atoms with Crippen molar-refractivity contribution in [3.8, 4) is 0 Å². The van der Waals surface area contributed by atoms with Crippen molar-refractivity contribution in [3.63, 3.8) is 0 Å². The Kier molecular flexibility index (Phi) is 4.62. The minimum absolute atomic E-state index is 0. The van der Waals surface area contributed by atoms with Crippen LogP contribution in [0.2, 0.25) is 0 Å². The van der Waals surface area contributed by atoms with Gasteiger partial charge in [0.05, 0.1) is 0 Å². The highest BCUT2D eigenvalue weighted by Crippen LogP contribution is 2.40. The van der Waals surface area contributed by atoms with Gasteiger partial charge in [-0.15, -0.1) is 12.4 Å². The van der Waals surface area contributed by atoms with Crippen LogP contribution in [0.1, 0.15) is 39.0 Å². The molecular weight excluding hydrogens is 224 g/mol. The summed E-state index contributed by atoms with van der Waals surface area (Å²) < 4.78 is 0. The molecule has 2 fully saturated rings. The number of carbonyl (C=O) groups is 1. The van der Waals surface area contributed by atoms with Crippen molar-refractivity contribution in [2.75, 3.05) is 19.6 Å². The first kappa shape index (κ1) is 13.8. The van der Waals surface area contributed by atoms with E-state index < -0.39 is 0 Å². The van der Waals surface area contributed by atoms with E-state index in [-0.39, 0.29) is 17.8 Å². The van der Waals surface area contributed by atoms with Crippen LogP contribution < -0.4 is 5.73 Å². The first-order valence-corrected chi connectivity index (χ1v) is 6.15. The number of likely N-dealkylation sites (tertiary alicyclic amines) is 1. The quantitative estimate of drug-likeness (QED) is 0.808. The summed E-state index contributed by atoms with van der Waals surface area (Å²) in [6.07, 6.45) is 5.69. The Labute approximate surface area is 104 Å². The van der Waals surface area contributed by atoms with Crippen molar-refractivity contribution < 1.29 is 4.79 Å². The molecule has 1 unspecified atom stereocenters. The second-order valence-electron chi connectivity index (χ2n) is 5.41. The Morgan fingerprint density at radius 2 is 2.06 bits per heavy atom. The van der Waals surface area contributed by atoms with Crippen LogP contribution in [0.15, 0.2) is 0 Å². The van der Waals surface area contributed by atoms with E-state index in [1.54, 1.807) is 0 Å². The summed E-state index contributed by atoms with van der Waals surface area (Å²) in [5.74, 6) is 0.926. The Balaban J connectivity index is 0.00000128. The van der Waals surface area contributed by atoms with Gasteiger partial charge in [-0.25, -0.2) is 0 Å². The average molecular weight is 247 g/mol. The van der Waals surface area contributed by atoms with Gasteiger partial charge in [0.15, 0.2) is 0 Å². The minimum Gasteiger partial charge on any atom is -0.342 e. The van der Waals surface area contributed by atoms with Crippen LogP contribution >= 0.6 is 12.4 Å². The van der Waals surface area contributed by atoms with Crippen LogP contribution in [-0.2, 0) is 4.79 Å². The van der Waals surface area contributed by atoms with Gasteiger partial charge in [-0.2, -0.15) is 0 Å². The lowest BCUT2D eigenvalue weighted by Gasteiger charge is -2.28. The maximum absolute atomic E-state index is 12.3. The Morgan fingerprint density at radius 1 is 1.44 bits per heavy atom. The van der Waals surface area contributed by atoms with E-state index in [4.69, 9.17) is 5.73 Å². The maximum atomic E-state index is 12.3. The van der Waals surface area contributed by atoms with Crippen LogP contribution in [0, 0.1) is 11.3 Å². The fraction of sp³-hybridized carbons (Fsp3) is 0.917. The zero-order valence-electron chi connectivity index (χ0n) is 10.1. The van der Waals surface area contributed by atoms with Crippen molar-refractivity contribution in [3.05, 3.63) is 0 Å². The lowest BCUT2D eigenvalue weighted by molar-refractivity contribution is -0.139. The molecule has 0 aromatic heterocycles. The molecule has 0 bridgehead atoms. The van der Waals surface area contributed by atoms with Gasteiger partial charge in [0, 0.05) is 18.5 Å². The summed E-state index contributed by atoms with van der Waals surface area (Å²) in [5.41, 5.74) is 5.59. The van der Waals surface area contributed by atoms with Crippen molar-refractivity contribution >= 4 is 18.3 Å². The number of nitrogens with zero attached hydrogens (tertiary/aromatic N) is 1. The number of nitrogens with two attached hydrogens (primary N) is 1. The molecule has 94 valence electrons. The highest BCUT2D eigenvalue weighted by Gasteiger charge is 2.40. The highest BCUT2D eigenvalue weighted by molar-refractivity contribution is 5.85. The average Bonchev–Trinajstić information content (AvgIpc) is 2.85. The molecule has 4 heteroatoms. The molecule has 1 aliphatic carbocycles. The zero-order valence-corrected chi connectivity index (χ0v) is 10.9. The van der Waals surface area contributed by atoms with Crippen LogP contribution in [0.3, 0.4) is 0 Å². The molecule has 1 saturated carbocycles. The van der Waals surface area contributed by atoms with E-state index in [1.807, 2.05) is 4.90 Å². The fourth-order valence-electron chi connectivity index (χ4n) is 2.96. The predicted molar refractivity (Wildman–Crippen MR) is 67.6 cm³/mol. The molecule has 3 nitrogen and oxygen atoms in total. The van der Waals surface area contributed by atoms with Gasteiger partial charge in [0.25, 0.3) is 0 Å². The molecule has 16 heavy (non-hydrogen) atoms. The first-order chi connectivity index (χ1) is 7.15. The molecule has 1 saturated heterocycles. The third-order valence-corrected chi connectivity index (χ3v) is 4.13. The molecule has 0 aromatic rings. The summed E-state index contributed by atoms with van der Waals surface area (Å²) in [4.78, 5) is 14.4. The largest absolute Gasteiger partial charge is 0.342 e. The molecule has 1 amide bonds. The van der Waals surface area contributed by atoms with Crippen LogP contribution in [0.5, 0.6) is 0 Å². The van der Waals surface area contributed by atoms with E-state index in [0.29, 0.717) is 11.8 Å². The van der Waals surface area contributed by atoms with Crippen molar-refractivity contribution in [2.24, 2.45) is 17.1 Å². The van der Waals surface area contributed by atoms with E-state index in [0.717, 1.165) is 38.9 Å². The van der Waals surface area contributed by atoms with Gasteiger partial charge in [-0.1, -0.05) is 19.8 Å². The van der Waals surface area contributed by atoms with Crippen LogP contribution in [0.4, 0.5) is 0 Å². The normalized spacial score (nSPS) is 27.9. The highest BCUT2D eigenvalue weighted by atomic mass is 35.5. The number of carbonyl (C=O) groups excluding carboxylic acids is 1. The minimum atomic E-state index is -0.0521. The van der Waals surface area contributed by atoms with E-state index >= 15 is 0 Å². The SMILES string of the molecule is CC1(C(=O)N2CCC(CN)C2)CCCC1.Cl. The molecule has 1 heterocycles. The smallest absolute Gasteiger partial charge is 0.228 e. The van der Waals surface area contributed by atoms with E-state index in [2.05, 4.69) is 6.92 Å². The molecule has 0 aromatic carbocycles. The van der Waals surface area contributed by atoms with Crippen molar-refractivity contribution in [1.82, 2.24) is 4.90 Å².